The fourth-order valence-electron chi connectivity index (χ4n) is 3.63. The largest absolute Gasteiger partial charge is 0.486 e. The topological polar surface area (TPSA) is 63.7 Å². The molecule has 0 bridgehead atoms. The molecule has 0 radical (unpaired) electrons. The molecule has 2 aromatic carbocycles. The lowest BCUT2D eigenvalue weighted by atomic mass is 9.95. The van der Waals surface area contributed by atoms with Crippen LogP contribution >= 0.6 is 11.3 Å². The highest BCUT2D eigenvalue weighted by atomic mass is 32.1. The number of amides is 1. The molecule has 7 heteroatoms. The van der Waals surface area contributed by atoms with Gasteiger partial charge in [0.25, 0.3) is 0 Å². The third-order valence-corrected chi connectivity index (χ3v) is 6.09. The summed E-state index contributed by atoms with van der Waals surface area (Å²) >= 11 is 1.67. The third kappa shape index (κ3) is 4.74. The minimum atomic E-state index is -0.0934. The zero-order chi connectivity index (χ0) is 21.1. The molecule has 2 heterocycles. The van der Waals surface area contributed by atoms with Gasteiger partial charge in [0.1, 0.15) is 18.2 Å². The van der Waals surface area contributed by atoms with E-state index in [0.717, 1.165) is 27.6 Å². The minimum absolute atomic E-state index is 0.00722. The number of nitrogens with zero attached hydrogens (tertiary/aromatic N) is 2. The summed E-state index contributed by atoms with van der Waals surface area (Å²) in [6, 6.07) is 13.9. The number of rotatable bonds is 7. The van der Waals surface area contributed by atoms with Gasteiger partial charge in [-0.25, -0.2) is 4.98 Å². The Balaban J connectivity index is 1.39. The maximum atomic E-state index is 12.8. The second-order valence-corrected chi connectivity index (χ2v) is 9.06. The van der Waals surface area contributed by atoms with Gasteiger partial charge in [-0.05, 0) is 42.8 Å². The number of likely N-dealkylation sites (N-methyl/N-ethyl adjacent to an activating group) is 1. The number of ether oxygens (including phenoxy) is 2. The molecule has 0 saturated heterocycles. The second-order valence-electron chi connectivity index (χ2n) is 7.94. The van der Waals surface area contributed by atoms with E-state index >= 15 is 0 Å². The van der Waals surface area contributed by atoms with Crippen LogP contribution < -0.4 is 14.8 Å². The summed E-state index contributed by atoms with van der Waals surface area (Å²) in [4.78, 5) is 19.4. The summed E-state index contributed by atoms with van der Waals surface area (Å²) in [6.07, 6.45) is 0. The fourth-order valence-corrected chi connectivity index (χ4v) is 4.67. The molecule has 1 atom stereocenters. The van der Waals surface area contributed by atoms with Crippen molar-refractivity contribution in [3.05, 3.63) is 53.0 Å². The van der Waals surface area contributed by atoms with Crippen LogP contribution in [-0.2, 0) is 11.3 Å². The van der Waals surface area contributed by atoms with E-state index in [-0.39, 0.29) is 17.9 Å². The molecule has 1 amide bonds. The molecule has 1 aliphatic rings. The molecule has 1 aliphatic heterocycles. The standard InChI is InChI=1S/C23H27N3O3S/c1-15(2)23(16-8-9-18-19(12-16)29-11-10-28-18)25-21(27)13-26(3)14-22-24-17-6-4-5-7-20(17)30-22/h4-9,12,15,23H,10-11,13-14H2,1-3H3,(H,25,27)/t23-/m0/s1. The molecule has 0 spiro atoms. The highest BCUT2D eigenvalue weighted by Crippen LogP contribution is 2.34. The van der Waals surface area contributed by atoms with Gasteiger partial charge in [-0.1, -0.05) is 32.0 Å². The predicted molar refractivity (Wildman–Crippen MR) is 119 cm³/mol. The highest BCUT2D eigenvalue weighted by molar-refractivity contribution is 7.18. The number of benzene rings is 2. The number of carbonyl (C=O) groups excluding carboxylic acids is 1. The van der Waals surface area contributed by atoms with Crippen molar-refractivity contribution in [1.82, 2.24) is 15.2 Å². The van der Waals surface area contributed by atoms with Crippen molar-refractivity contribution in [1.29, 1.82) is 0 Å². The predicted octanol–water partition coefficient (Wildman–Crippen LogP) is 4.01. The Morgan fingerprint density at radius 2 is 1.93 bits per heavy atom. The van der Waals surface area contributed by atoms with Crippen LogP contribution in [0.2, 0.25) is 0 Å². The molecular weight excluding hydrogens is 398 g/mol. The van der Waals surface area contributed by atoms with Crippen LogP contribution in [-0.4, -0.2) is 42.6 Å². The summed E-state index contributed by atoms with van der Waals surface area (Å²) in [5.41, 5.74) is 2.03. The Bertz CT molecular complexity index is 1000. The van der Waals surface area contributed by atoms with Crippen LogP contribution in [0.5, 0.6) is 11.5 Å². The molecule has 30 heavy (non-hydrogen) atoms. The summed E-state index contributed by atoms with van der Waals surface area (Å²) in [6.45, 7) is 6.27. The zero-order valence-corrected chi connectivity index (χ0v) is 18.4. The van der Waals surface area contributed by atoms with Crippen LogP contribution in [0.1, 0.15) is 30.5 Å². The second kappa shape index (κ2) is 9.02. The van der Waals surface area contributed by atoms with Gasteiger partial charge in [0.2, 0.25) is 5.91 Å². The number of nitrogens with one attached hydrogen (secondary N) is 1. The van der Waals surface area contributed by atoms with Gasteiger partial charge in [-0.15, -0.1) is 11.3 Å². The van der Waals surface area contributed by atoms with E-state index in [1.165, 1.54) is 4.70 Å². The number of para-hydroxylation sites is 1. The quantitative estimate of drug-likeness (QED) is 0.620. The molecule has 0 saturated carbocycles. The van der Waals surface area contributed by atoms with Crippen molar-refractivity contribution in [2.75, 3.05) is 26.8 Å². The fraction of sp³-hybridized carbons (Fsp3) is 0.391. The monoisotopic (exact) mass is 425 g/mol. The number of carbonyl (C=O) groups is 1. The first-order chi connectivity index (χ1) is 14.5. The normalized spacial score (nSPS) is 14.3. The summed E-state index contributed by atoms with van der Waals surface area (Å²) < 4.78 is 12.5. The van der Waals surface area contributed by atoms with Gasteiger partial charge < -0.3 is 14.8 Å². The molecule has 0 aliphatic carbocycles. The van der Waals surface area contributed by atoms with E-state index in [2.05, 4.69) is 30.2 Å². The van der Waals surface area contributed by atoms with Gasteiger partial charge in [0.15, 0.2) is 11.5 Å². The lowest BCUT2D eigenvalue weighted by molar-refractivity contribution is -0.123. The average Bonchev–Trinajstić information content (AvgIpc) is 3.13. The number of hydrogen-bond acceptors (Lipinski definition) is 6. The Labute approximate surface area is 180 Å². The molecule has 6 nitrogen and oxygen atoms in total. The number of thiazole rings is 1. The highest BCUT2D eigenvalue weighted by Gasteiger charge is 2.22. The van der Waals surface area contributed by atoms with Crippen molar-refractivity contribution < 1.29 is 14.3 Å². The van der Waals surface area contributed by atoms with E-state index in [1.54, 1.807) is 11.3 Å². The van der Waals surface area contributed by atoms with Gasteiger partial charge in [-0.3, -0.25) is 9.69 Å². The number of hydrogen-bond donors (Lipinski definition) is 1. The van der Waals surface area contributed by atoms with Crippen LogP contribution in [0.3, 0.4) is 0 Å². The average molecular weight is 426 g/mol. The Morgan fingerprint density at radius 1 is 1.17 bits per heavy atom. The Kier molecular flexibility index (Phi) is 6.20. The first kappa shape index (κ1) is 20.6. The lowest BCUT2D eigenvalue weighted by Crippen LogP contribution is -2.38. The SMILES string of the molecule is CC(C)[C@H](NC(=O)CN(C)Cc1nc2ccccc2s1)c1ccc2c(c1)OCCO2. The van der Waals surface area contributed by atoms with Crippen LogP contribution in [0, 0.1) is 5.92 Å². The smallest absolute Gasteiger partial charge is 0.234 e. The molecule has 0 unspecified atom stereocenters. The van der Waals surface area contributed by atoms with Gasteiger partial charge in [0.05, 0.1) is 29.3 Å². The van der Waals surface area contributed by atoms with Crippen LogP contribution in [0.4, 0.5) is 0 Å². The third-order valence-electron chi connectivity index (χ3n) is 5.07. The molecule has 0 fully saturated rings. The number of fused-ring (bicyclic) bond motifs is 2. The zero-order valence-electron chi connectivity index (χ0n) is 17.6. The molecule has 4 rings (SSSR count). The van der Waals surface area contributed by atoms with E-state index in [4.69, 9.17) is 9.47 Å². The summed E-state index contributed by atoms with van der Waals surface area (Å²) in [7, 11) is 1.94. The Hall–Kier alpha value is -2.64. The molecule has 1 N–H and O–H groups in total. The van der Waals surface area contributed by atoms with Crippen molar-refractivity contribution in [2.24, 2.45) is 5.92 Å². The van der Waals surface area contributed by atoms with Crippen LogP contribution in [0.25, 0.3) is 10.2 Å². The van der Waals surface area contributed by atoms with Crippen molar-refractivity contribution in [2.45, 2.75) is 26.4 Å². The van der Waals surface area contributed by atoms with Crippen LogP contribution in [0.15, 0.2) is 42.5 Å². The lowest BCUT2D eigenvalue weighted by Gasteiger charge is -2.26. The molecule has 158 valence electrons. The van der Waals surface area contributed by atoms with Crippen molar-refractivity contribution >= 4 is 27.5 Å². The van der Waals surface area contributed by atoms with Gasteiger partial charge in [0, 0.05) is 0 Å². The first-order valence-corrected chi connectivity index (χ1v) is 11.0. The minimum Gasteiger partial charge on any atom is -0.486 e. The first-order valence-electron chi connectivity index (χ1n) is 10.2. The maximum Gasteiger partial charge on any atom is 0.234 e. The van der Waals surface area contributed by atoms with Crippen molar-refractivity contribution in [3.8, 4) is 11.5 Å². The molecular formula is C23H27N3O3S. The van der Waals surface area contributed by atoms with Gasteiger partial charge in [-0.2, -0.15) is 0 Å². The van der Waals surface area contributed by atoms with Crippen molar-refractivity contribution in [3.63, 3.8) is 0 Å². The van der Waals surface area contributed by atoms with E-state index in [0.29, 0.717) is 26.3 Å². The maximum absolute atomic E-state index is 12.8. The summed E-state index contributed by atoms with van der Waals surface area (Å²) in [5, 5.41) is 4.20. The Morgan fingerprint density at radius 3 is 2.70 bits per heavy atom. The molecule has 3 aromatic rings. The summed E-state index contributed by atoms with van der Waals surface area (Å²) in [5.74, 6) is 1.74. The van der Waals surface area contributed by atoms with E-state index < -0.39 is 0 Å². The molecule has 1 aromatic heterocycles. The van der Waals surface area contributed by atoms with E-state index in [9.17, 15) is 4.79 Å². The number of aromatic nitrogens is 1. The van der Waals surface area contributed by atoms with Gasteiger partial charge >= 0.3 is 0 Å². The van der Waals surface area contributed by atoms with E-state index in [1.807, 2.05) is 48.3 Å².